The summed E-state index contributed by atoms with van der Waals surface area (Å²) in [5, 5.41) is 15.4. The number of H-pyrrole nitrogens is 1. The number of amides is 1. The van der Waals surface area contributed by atoms with Crippen LogP contribution in [0.2, 0.25) is 0 Å². The molecule has 0 unspecified atom stereocenters. The van der Waals surface area contributed by atoms with E-state index in [4.69, 9.17) is 10.00 Å². The molecule has 23 heavy (non-hydrogen) atoms. The van der Waals surface area contributed by atoms with Gasteiger partial charge in [-0.15, -0.1) is 0 Å². The number of fused-ring (bicyclic) bond motifs is 1. The summed E-state index contributed by atoms with van der Waals surface area (Å²) in [5.41, 5.74) is 3.10. The second-order valence-electron chi connectivity index (χ2n) is 5.23. The maximum Gasteiger partial charge on any atom is 0.246 e. The molecular formula is C17H16N4O2. The quantitative estimate of drug-likeness (QED) is 0.875. The van der Waals surface area contributed by atoms with Crippen LogP contribution in [0, 0.1) is 11.3 Å². The van der Waals surface area contributed by atoms with Gasteiger partial charge in [-0.3, -0.25) is 9.89 Å². The zero-order chi connectivity index (χ0) is 16.1. The van der Waals surface area contributed by atoms with E-state index in [1.54, 1.807) is 35.4 Å². The van der Waals surface area contributed by atoms with Crippen molar-refractivity contribution in [1.82, 2.24) is 15.1 Å². The molecule has 2 heterocycles. The minimum absolute atomic E-state index is 0.0124. The predicted molar refractivity (Wildman–Crippen MR) is 84.3 cm³/mol. The number of carbonyl (C=O) groups excluding carboxylic acids is 1. The largest absolute Gasteiger partial charge is 0.479 e. The monoisotopic (exact) mass is 308 g/mol. The van der Waals surface area contributed by atoms with Crippen LogP contribution in [0.3, 0.4) is 0 Å². The molecule has 6 nitrogen and oxygen atoms in total. The van der Waals surface area contributed by atoms with Gasteiger partial charge in [-0.2, -0.15) is 10.4 Å². The summed E-state index contributed by atoms with van der Waals surface area (Å²) in [5.74, 6) is 0.625. The number of aromatic amines is 1. The lowest BCUT2D eigenvalue weighted by atomic mass is 10.1. The predicted octanol–water partition coefficient (Wildman–Crippen LogP) is 1.91. The van der Waals surface area contributed by atoms with E-state index in [-0.39, 0.29) is 12.5 Å². The van der Waals surface area contributed by atoms with Crippen LogP contribution in [-0.4, -0.2) is 34.2 Å². The maximum atomic E-state index is 12.3. The Hall–Kier alpha value is -3.07. The zero-order valence-electron chi connectivity index (χ0n) is 12.5. The van der Waals surface area contributed by atoms with E-state index in [1.807, 2.05) is 18.2 Å². The number of nitrogens with zero attached hydrogens (tertiary/aromatic N) is 3. The second kappa shape index (κ2) is 6.79. The molecule has 1 N–H and O–H groups in total. The minimum Gasteiger partial charge on any atom is -0.479 e. The lowest BCUT2D eigenvalue weighted by Crippen LogP contribution is -2.34. The van der Waals surface area contributed by atoms with Crippen molar-refractivity contribution in [3.63, 3.8) is 0 Å². The molecule has 0 saturated carbocycles. The van der Waals surface area contributed by atoms with E-state index in [2.05, 4.69) is 10.2 Å². The van der Waals surface area contributed by atoms with E-state index in [1.165, 1.54) is 0 Å². The zero-order valence-corrected chi connectivity index (χ0v) is 12.5. The molecule has 0 radical (unpaired) electrons. The fraction of sp³-hybridized carbons (Fsp3) is 0.235. The summed E-state index contributed by atoms with van der Waals surface area (Å²) >= 11 is 0. The lowest BCUT2D eigenvalue weighted by Gasteiger charge is -2.25. The first-order chi connectivity index (χ1) is 11.3. The Morgan fingerprint density at radius 1 is 1.43 bits per heavy atom. The molecule has 6 heteroatoms. The Balaban J connectivity index is 1.59. The van der Waals surface area contributed by atoms with Crippen LogP contribution in [0.1, 0.15) is 16.8 Å². The molecule has 0 aliphatic carbocycles. The average molecular weight is 308 g/mol. The number of hydrogen-bond acceptors (Lipinski definition) is 4. The van der Waals surface area contributed by atoms with Crippen molar-refractivity contribution in [2.24, 2.45) is 0 Å². The highest BCUT2D eigenvalue weighted by Crippen LogP contribution is 2.17. The Morgan fingerprint density at radius 3 is 3.04 bits per heavy atom. The number of carbonyl (C=O) groups is 1. The van der Waals surface area contributed by atoms with Crippen LogP contribution in [0.5, 0.6) is 5.75 Å². The Morgan fingerprint density at radius 2 is 2.26 bits per heavy atom. The molecule has 1 aromatic heterocycles. The molecule has 0 atom stereocenters. The number of nitrogens with one attached hydrogen (secondary N) is 1. The molecule has 0 saturated heterocycles. The number of ether oxygens (including phenoxy) is 1. The summed E-state index contributed by atoms with van der Waals surface area (Å²) in [6.07, 6.45) is 5.94. The SMILES string of the molecule is N#CCOc1ccc(C=CC(=O)N2CCc3[nH]ncc3C2)cc1. The number of hydrogen-bond donors (Lipinski definition) is 1. The van der Waals surface area contributed by atoms with Gasteiger partial charge in [-0.1, -0.05) is 12.1 Å². The Bertz CT molecular complexity index is 756. The summed E-state index contributed by atoms with van der Waals surface area (Å²) < 4.78 is 5.19. The van der Waals surface area contributed by atoms with Crippen LogP contribution < -0.4 is 4.74 Å². The van der Waals surface area contributed by atoms with Gasteiger partial charge in [0.15, 0.2) is 6.61 Å². The van der Waals surface area contributed by atoms with E-state index in [9.17, 15) is 4.79 Å². The Labute approximate surface area is 134 Å². The summed E-state index contributed by atoms with van der Waals surface area (Å²) in [6.45, 7) is 1.31. The Kier molecular flexibility index (Phi) is 4.39. The van der Waals surface area contributed by atoms with Gasteiger partial charge >= 0.3 is 0 Å². The van der Waals surface area contributed by atoms with Gasteiger partial charge in [0.05, 0.1) is 6.20 Å². The van der Waals surface area contributed by atoms with Gasteiger partial charge in [0.25, 0.3) is 0 Å². The van der Waals surface area contributed by atoms with Crippen LogP contribution in [0.4, 0.5) is 0 Å². The first-order valence-corrected chi connectivity index (χ1v) is 7.34. The molecule has 0 fully saturated rings. The van der Waals surface area contributed by atoms with Gasteiger partial charge in [-0.05, 0) is 23.8 Å². The van der Waals surface area contributed by atoms with Crippen molar-refractivity contribution in [2.75, 3.05) is 13.2 Å². The molecule has 3 rings (SSSR count). The first kappa shape index (κ1) is 14.9. The molecular weight excluding hydrogens is 292 g/mol. The smallest absolute Gasteiger partial charge is 0.246 e. The molecule has 1 aliphatic rings. The molecule has 2 aromatic rings. The summed E-state index contributed by atoms with van der Waals surface area (Å²) in [6, 6.07) is 9.17. The molecule has 0 spiro atoms. The molecule has 0 bridgehead atoms. The fourth-order valence-corrected chi connectivity index (χ4v) is 2.47. The van der Waals surface area contributed by atoms with Crippen LogP contribution in [0.25, 0.3) is 6.08 Å². The molecule has 1 amide bonds. The van der Waals surface area contributed by atoms with Crippen molar-refractivity contribution < 1.29 is 9.53 Å². The summed E-state index contributed by atoms with van der Waals surface area (Å²) in [4.78, 5) is 14.1. The molecule has 116 valence electrons. The normalized spacial score (nSPS) is 13.6. The molecule has 1 aromatic carbocycles. The van der Waals surface area contributed by atoms with Crippen LogP contribution in [-0.2, 0) is 17.8 Å². The average Bonchev–Trinajstić information content (AvgIpc) is 3.06. The number of nitriles is 1. The minimum atomic E-state index is -0.0124. The topological polar surface area (TPSA) is 82.0 Å². The second-order valence-corrected chi connectivity index (χ2v) is 5.23. The standard InChI is InChI=1S/C17H16N4O2/c18-8-10-23-15-4-1-13(2-5-15)3-6-17(22)21-9-7-16-14(12-21)11-19-20-16/h1-6,11H,7,9-10,12H2,(H,19,20). The number of benzene rings is 1. The highest BCUT2D eigenvalue weighted by molar-refractivity contribution is 5.91. The van der Waals surface area contributed by atoms with Gasteiger partial charge in [-0.25, -0.2) is 0 Å². The highest BCUT2D eigenvalue weighted by Gasteiger charge is 2.20. The first-order valence-electron chi connectivity index (χ1n) is 7.34. The van der Waals surface area contributed by atoms with Gasteiger partial charge in [0.1, 0.15) is 11.8 Å². The lowest BCUT2D eigenvalue weighted by molar-refractivity contribution is -0.126. The highest BCUT2D eigenvalue weighted by atomic mass is 16.5. The maximum absolute atomic E-state index is 12.3. The van der Waals surface area contributed by atoms with Crippen molar-refractivity contribution in [3.8, 4) is 11.8 Å². The van der Waals surface area contributed by atoms with Gasteiger partial charge < -0.3 is 9.64 Å². The third-order valence-electron chi connectivity index (χ3n) is 3.71. The third kappa shape index (κ3) is 3.58. The third-order valence-corrected chi connectivity index (χ3v) is 3.71. The van der Waals surface area contributed by atoms with Crippen molar-refractivity contribution in [2.45, 2.75) is 13.0 Å². The van der Waals surface area contributed by atoms with Crippen molar-refractivity contribution in [3.05, 3.63) is 53.4 Å². The summed E-state index contributed by atoms with van der Waals surface area (Å²) in [7, 11) is 0. The molecule has 1 aliphatic heterocycles. The van der Waals surface area contributed by atoms with E-state index in [0.717, 1.165) is 23.2 Å². The van der Waals surface area contributed by atoms with E-state index in [0.29, 0.717) is 18.8 Å². The number of rotatable bonds is 4. The number of aromatic nitrogens is 2. The van der Waals surface area contributed by atoms with Crippen molar-refractivity contribution in [1.29, 1.82) is 5.26 Å². The van der Waals surface area contributed by atoms with E-state index >= 15 is 0 Å². The fourth-order valence-electron chi connectivity index (χ4n) is 2.47. The van der Waals surface area contributed by atoms with Gasteiger partial charge in [0, 0.05) is 36.8 Å². The van der Waals surface area contributed by atoms with Crippen LogP contribution >= 0.6 is 0 Å². The van der Waals surface area contributed by atoms with E-state index < -0.39 is 0 Å². The van der Waals surface area contributed by atoms with Crippen molar-refractivity contribution >= 4 is 12.0 Å². The van der Waals surface area contributed by atoms with Crippen LogP contribution in [0.15, 0.2) is 36.5 Å². The van der Waals surface area contributed by atoms with Gasteiger partial charge in [0.2, 0.25) is 5.91 Å².